The summed E-state index contributed by atoms with van der Waals surface area (Å²) in [6.07, 6.45) is 3.51. The summed E-state index contributed by atoms with van der Waals surface area (Å²) in [6.45, 7) is 6.88. The highest BCUT2D eigenvalue weighted by molar-refractivity contribution is 7.18. The maximum absolute atomic E-state index is 5.87. The number of thiophene rings is 1. The molecule has 0 saturated carbocycles. The number of aryl methyl sites for hydroxylation is 2. The molecule has 3 aromatic rings. The lowest BCUT2D eigenvalue weighted by molar-refractivity contribution is 0.778. The molecule has 0 aliphatic heterocycles. The van der Waals surface area contributed by atoms with Gasteiger partial charge in [-0.2, -0.15) is 0 Å². The van der Waals surface area contributed by atoms with Crippen molar-refractivity contribution in [2.24, 2.45) is 5.73 Å². The highest BCUT2D eigenvalue weighted by atomic mass is 32.1. The second-order valence-electron chi connectivity index (χ2n) is 5.45. The fourth-order valence-electron chi connectivity index (χ4n) is 2.27. The predicted octanol–water partition coefficient (Wildman–Crippen LogP) is 3.13. The number of aromatic nitrogens is 3. The average molecular weight is 313 g/mol. The number of nitrogens with two attached hydrogens (primary N) is 1. The van der Waals surface area contributed by atoms with E-state index < -0.39 is 0 Å². The van der Waals surface area contributed by atoms with Gasteiger partial charge < -0.3 is 11.1 Å². The molecule has 1 unspecified atom stereocenters. The first-order valence-corrected chi connectivity index (χ1v) is 8.05. The third-order valence-corrected chi connectivity index (χ3v) is 4.66. The van der Waals surface area contributed by atoms with E-state index in [9.17, 15) is 0 Å². The Kier molecular flexibility index (Phi) is 4.04. The lowest BCUT2D eigenvalue weighted by Crippen LogP contribution is -2.25. The van der Waals surface area contributed by atoms with E-state index in [1.807, 2.05) is 19.1 Å². The molecule has 0 fully saturated rings. The van der Waals surface area contributed by atoms with Crippen molar-refractivity contribution in [3.05, 3.63) is 35.0 Å². The van der Waals surface area contributed by atoms with E-state index in [2.05, 4.69) is 24.1 Å². The molecule has 0 saturated heterocycles. The zero-order chi connectivity index (χ0) is 15.7. The van der Waals surface area contributed by atoms with Gasteiger partial charge >= 0.3 is 0 Å². The number of hydrogen-bond donors (Lipinski definition) is 2. The van der Waals surface area contributed by atoms with Gasteiger partial charge in [0.05, 0.1) is 5.39 Å². The Hall–Kier alpha value is -2.05. The van der Waals surface area contributed by atoms with Crippen LogP contribution in [0.15, 0.2) is 24.5 Å². The van der Waals surface area contributed by atoms with Crippen molar-refractivity contribution in [2.45, 2.75) is 26.8 Å². The van der Waals surface area contributed by atoms with Crippen LogP contribution in [0.1, 0.15) is 17.4 Å². The molecule has 3 rings (SSSR count). The fraction of sp³-hybridized carbons (Fsp3) is 0.312. The predicted molar refractivity (Wildman–Crippen MR) is 92.3 cm³/mol. The summed E-state index contributed by atoms with van der Waals surface area (Å²) in [4.78, 5) is 15.8. The molecule has 3 N–H and O–H groups in total. The average Bonchev–Trinajstić information content (AvgIpc) is 2.80. The molecule has 0 aliphatic rings. The fourth-order valence-corrected chi connectivity index (χ4v) is 3.29. The number of rotatable bonds is 4. The van der Waals surface area contributed by atoms with Gasteiger partial charge in [-0.25, -0.2) is 9.97 Å². The molecule has 0 spiro atoms. The lowest BCUT2D eigenvalue weighted by atomic mass is 10.2. The van der Waals surface area contributed by atoms with E-state index in [4.69, 9.17) is 15.7 Å². The van der Waals surface area contributed by atoms with Crippen molar-refractivity contribution in [1.29, 1.82) is 0 Å². The van der Waals surface area contributed by atoms with Crippen LogP contribution in [0.25, 0.3) is 21.6 Å². The molecule has 3 aromatic heterocycles. The van der Waals surface area contributed by atoms with Crippen molar-refractivity contribution in [3.8, 4) is 11.4 Å². The summed E-state index contributed by atoms with van der Waals surface area (Å²) in [5.74, 6) is 1.57. The van der Waals surface area contributed by atoms with Crippen LogP contribution in [0.3, 0.4) is 0 Å². The molecule has 0 radical (unpaired) electrons. The first kappa shape index (κ1) is 14.9. The summed E-state index contributed by atoms with van der Waals surface area (Å²) in [6, 6.07) is 3.91. The van der Waals surface area contributed by atoms with Gasteiger partial charge in [0.2, 0.25) is 0 Å². The molecule has 114 valence electrons. The highest BCUT2D eigenvalue weighted by Gasteiger charge is 2.15. The summed E-state index contributed by atoms with van der Waals surface area (Å²) in [5.41, 5.74) is 8.06. The molecule has 6 heteroatoms. The number of fused-ring (bicyclic) bond motifs is 1. The molecule has 0 aliphatic carbocycles. The Balaban J connectivity index is 2.16. The van der Waals surface area contributed by atoms with E-state index in [1.165, 1.54) is 10.4 Å². The zero-order valence-corrected chi connectivity index (χ0v) is 13.7. The minimum absolute atomic E-state index is 0.0643. The van der Waals surface area contributed by atoms with Crippen LogP contribution in [-0.2, 0) is 0 Å². The van der Waals surface area contributed by atoms with Crippen LogP contribution in [-0.4, -0.2) is 27.5 Å². The van der Waals surface area contributed by atoms with Gasteiger partial charge in [-0.15, -0.1) is 11.3 Å². The Bertz CT molecular complexity index is 795. The Morgan fingerprint density at radius 3 is 2.64 bits per heavy atom. The molecular weight excluding hydrogens is 294 g/mol. The monoisotopic (exact) mass is 313 g/mol. The Morgan fingerprint density at radius 2 is 1.95 bits per heavy atom. The third-order valence-electron chi connectivity index (χ3n) is 3.56. The first-order valence-electron chi connectivity index (χ1n) is 7.24. The number of pyridine rings is 1. The number of nitrogens with zero attached hydrogens (tertiary/aromatic N) is 3. The highest BCUT2D eigenvalue weighted by Crippen LogP contribution is 2.34. The molecule has 22 heavy (non-hydrogen) atoms. The van der Waals surface area contributed by atoms with Gasteiger partial charge in [0.25, 0.3) is 0 Å². The number of nitrogens with one attached hydrogen (secondary N) is 1. The van der Waals surface area contributed by atoms with Gasteiger partial charge in [-0.1, -0.05) is 0 Å². The van der Waals surface area contributed by atoms with Gasteiger partial charge in [0, 0.05) is 35.4 Å². The van der Waals surface area contributed by atoms with Crippen LogP contribution in [0.2, 0.25) is 0 Å². The maximum atomic E-state index is 5.87. The number of anilines is 1. The molecule has 0 amide bonds. The quantitative estimate of drug-likeness (QED) is 0.774. The summed E-state index contributed by atoms with van der Waals surface area (Å²) in [7, 11) is 0. The minimum atomic E-state index is 0.0643. The largest absolute Gasteiger partial charge is 0.368 e. The smallest absolute Gasteiger partial charge is 0.163 e. The minimum Gasteiger partial charge on any atom is -0.368 e. The van der Waals surface area contributed by atoms with Crippen molar-refractivity contribution in [1.82, 2.24) is 15.0 Å². The second kappa shape index (κ2) is 5.98. The van der Waals surface area contributed by atoms with Crippen molar-refractivity contribution >= 4 is 27.4 Å². The van der Waals surface area contributed by atoms with E-state index in [0.29, 0.717) is 12.4 Å². The first-order chi connectivity index (χ1) is 10.6. The molecule has 5 nitrogen and oxygen atoms in total. The summed E-state index contributed by atoms with van der Waals surface area (Å²) < 4.78 is 0. The van der Waals surface area contributed by atoms with Crippen molar-refractivity contribution in [2.75, 3.05) is 11.9 Å². The molecule has 1 atom stereocenters. The molecule has 0 bridgehead atoms. The van der Waals surface area contributed by atoms with E-state index in [0.717, 1.165) is 21.6 Å². The van der Waals surface area contributed by atoms with Gasteiger partial charge in [-0.3, -0.25) is 4.98 Å². The zero-order valence-electron chi connectivity index (χ0n) is 12.9. The van der Waals surface area contributed by atoms with E-state index >= 15 is 0 Å². The van der Waals surface area contributed by atoms with Crippen LogP contribution in [0.4, 0.5) is 5.82 Å². The number of hydrogen-bond acceptors (Lipinski definition) is 6. The van der Waals surface area contributed by atoms with Crippen LogP contribution < -0.4 is 11.1 Å². The molecule has 0 aromatic carbocycles. The van der Waals surface area contributed by atoms with E-state index in [1.54, 1.807) is 23.7 Å². The standard InChI is InChI=1S/C16H19N5S/c1-9(17)8-19-15-13-10(2)11(3)22-16(13)21-14(20-15)12-4-6-18-7-5-12/h4-7,9H,8,17H2,1-3H3,(H,19,20,21). The molecular formula is C16H19N5S. The normalized spacial score (nSPS) is 12.5. The molecule has 3 heterocycles. The van der Waals surface area contributed by atoms with Crippen LogP contribution in [0, 0.1) is 13.8 Å². The second-order valence-corrected chi connectivity index (χ2v) is 6.66. The van der Waals surface area contributed by atoms with Crippen LogP contribution in [0.5, 0.6) is 0 Å². The lowest BCUT2D eigenvalue weighted by Gasteiger charge is -2.11. The SMILES string of the molecule is Cc1sc2nc(-c3ccncc3)nc(NCC(C)N)c2c1C. The van der Waals surface area contributed by atoms with Crippen molar-refractivity contribution in [3.63, 3.8) is 0 Å². The van der Waals surface area contributed by atoms with E-state index in [-0.39, 0.29) is 6.04 Å². The van der Waals surface area contributed by atoms with Crippen LogP contribution >= 0.6 is 11.3 Å². The topological polar surface area (TPSA) is 76.7 Å². The van der Waals surface area contributed by atoms with Gasteiger partial charge in [0.15, 0.2) is 5.82 Å². The Labute approximate surface area is 133 Å². The van der Waals surface area contributed by atoms with Crippen molar-refractivity contribution < 1.29 is 0 Å². The summed E-state index contributed by atoms with van der Waals surface area (Å²) in [5, 5.41) is 4.46. The summed E-state index contributed by atoms with van der Waals surface area (Å²) >= 11 is 1.70. The Morgan fingerprint density at radius 1 is 1.23 bits per heavy atom. The maximum Gasteiger partial charge on any atom is 0.163 e. The van der Waals surface area contributed by atoms with Gasteiger partial charge in [0.1, 0.15) is 10.6 Å². The third kappa shape index (κ3) is 2.80. The van der Waals surface area contributed by atoms with Gasteiger partial charge in [-0.05, 0) is 38.5 Å².